The van der Waals surface area contributed by atoms with Crippen molar-refractivity contribution in [2.45, 2.75) is 64.7 Å². The van der Waals surface area contributed by atoms with Crippen LogP contribution in [0, 0.1) is 0 Å². The molecule has 1 saturated heterocycles. The van der Waals surface area contributed by atoms with E-state index in [0.717, 1.165) is 25.8 Å². The van der Waals surface area contributed by atoms with Crippen molar-refractivity contribution in [2.75, 3.05) is 13.1 Å². The first-order valence-corrected chi connectivity index (χ1v) is 6.48. The smallest absolute Gasteiger partial charge is 0.323 e. The van der Waals surface area contributed by atoms with Crippen molar-refractivity contribution in [1.82, 2.24) is 4.90 Å². The lowest BCUT2D eigenvalue weighted by molar-refractivity contribution is -0.160. The minimum atomic E-state index is -0.436. The van der Waals surface area contributed by atoms with Gasteiger partial charge in [0, 0.05) is 6.54 Å². The first-order valence-electron chi connectivity index (χ1n) is 6.48. The molecule has 1 rings (SSSR count). The Morgan fingerprint density at radius 3 is 2.71 bits per heavy atom. The maximum absolute atomic E-state index is 12.0. The zero-order valence-corrected chi connectivity index (χ0v) is 11.4. The first kappa shape index (κ1) is 14.5. The van der Waals surface area contributed by atoms with Crippen molar-refractivity contribution in [3.8, 4) is 0 Å². The fourth-order valence-corrected chi connectivity index (χ4v) is 2.08. The Morgan fingerprint density at radius 2 is 2.18 bits per heavy atom. The fourth-order valence-electron chi connectivity index (χ4n) is 2.08. The van der Waals surface area contributed by atoms with Gasteiger partial charge in [-0.1, -0.05) is 6.92 Å². The molecular formula is C13H25NO3. The summed E-state index contributed by atoms with van der Waals surface area (Å²) in [5.41, 5.74) is -0.436. The van der Waals surface area contributed by atoms with Gasteiger partial charge in [0.15, 0.2) is 0 Å². The highest BCUT2D eigenvalue weighted by atomic mass is 16.6. The molecular weight excluding hydrogens is 218 g/mol. The van der Waals surface area contributed by atoms with Gasteiger partial charge in [0.2, 0.25) is 0 Å². The second-order valence-corrected chi connectivity index (χ2v) is 5.75. The predicted octanol–water partition coefficient (Wildman–Crippen LogP) is 1.56. The van der Waals surface area contributed by atoms with Crippen molar-refractivity contribution in [2.24, 2.45) is 0 Å². The molecule has 0 spiro atoms. The van der Waals surface area contributed by atoms with Crippen molar-refractivity contribution >= 4 is 5.97 Å². The van der Waals surface area contributed by atoms with Crippen LogP contribution in [0.4, 0.5) is 0 Å². The van der Waals surface area contributed by atoms with Gasteiger partial charge in [-0.15, -0.1) is 0 Å². The molecule has 1 aliphatic rings. The number of carbonyl (C=O) groups is 1. The molecule has 1 unspecified atom stereocenters. The van der Waals surface area contributed by atoms with Crippen LogP contribution >= 0.6 is 0 Å². The first-order chi connectivity index (χ1) is 7.83. The van der Waals surface area contributed by atoms with Crippen molar-refractivity contribution in [3.63, 3.8) is 0 Å². The van der Waals surface area contributed by atoms with E-state index in [1.54, 1.807) is 0 Å². The third kappa shape index (κ3) is 4.64. The average molecular weight is 243 g/mol. The van der Waals surface area contributed by atoms with E-state index < -0.39 is 5.60 Å². The molecule has 0 radical (unpaired) electrons. The summed E-state index contributed by atoms with van der Waals surface area (Å²) in [4.78, 5) is 14.0. The number of nitrogens with zero attached hydrogens (tertiary/aromatic N) is 1. The van der Waals surface area contributed by atoms with Gasteiger partial charge < -0.3 is 9.84 Å². The maximum Gasteiger partial charge on any atom is 0.323 e. The lowest BCUT2D eigenvalue weighted by atomic mass is 10.1. The van der Waals surface area contributed by atoms with Gasteiger partial charge in [0.1, 0.15) is 11.6 Å². The van der Waals surface area contributed by atoms with E-state index in [-0.39, 0.29) is 18.1 Å². The molecule has 0 saturated carbocycles. The molecule has 2 atom stereocenters. The summed E-state index contributed by atoms with van der Waals surface area (Å²) in [7, 11) is 0. The number of β-amino-alcohol motifs (C(OH)–C–C–N with tert-alkyl or cyclic N) is 1. The Kier molecular flexibility index (Phi) is 4.95. The highest BCUT2D eigenvalue weighted by molar-refractivity contribution is 5.76. The zero-order chi connectivity index (χ0) is 13.1. The molecule has 4 heteroatoms. The molecule has 1 heterocycles. The Morgan fingerprint density at radius 1 is 1.53 bits per heavy atom. The lowest BCUT2D eigenvalue weighted by Crippen LogP contribution is -2.43. The lowest BCUT2D eigenvalue weighted by Gasteiger charge is -2.28. The summed E-state index contributed by atoms with van der Waals surface area (Å²) >= 11 is 0. The fraction of sp³-hybridized carbons (Fsp3) is 0.923. The summed E-state index contributed by atoms with van der Waals surface area (Å²) in [6.07, 6.45) is 2.21. The van der Waals surface area contributed by atoms with Gasteiger partial charge in [0.25, 0.3) is 0 Å². The maximum atomic E-state index is 12.0. The number of likely N-dealkylation sites (tertiary alicyclic amines) is 1. The van der Waals surface area contributed by atoms with Crippen LogP contribution in [0.3, 0.4) is 0 Å². The third-order valence-corrected chi connectivity index (χ3v) is 2.96. The number of hydrogen-bond donors (Lipinski definition) is 1. The van der Waals surface area contributed by atoms with E-state index in [1.165, 1.54) is 0 Å². The summed E-state index contributed by atoms with van der Waals surface area (Å²) in [6, 6.07) is -0.171. The molecule has 100 valence electrons. The van der Waals surface area contributed by atoms with Crippen LogP contribution in [0.25, 0.3) is 0 Å². The average Bonchev–Trinajstić information content (AvgIpc) is 2.63. The van der Waals surface area contributed by atoms with E-state index in [0.29, 0.717) is 6.54 Å². The van der Waals surface area contributed by atoms with Crippen LogP contribution in [0.15, 0.2) is 0 Å². The second-order valence-electron chi connectivity index (χ2n) is 5.75. The number of ether oxygens (including phenoxy) is 1. The van der Waals surface area contributed by atoms with Crippen molar-refractivity contribution in [3.05, 3.63) is 0 Å². The summed E-state index contributed by atoms with van der Waals surface area (Å²) in [5.74, 6) is -0.154. The Balaban J connectivity index is 2.54. The van der Waals surface area contributed by atoms with E-state index >= 15 is 0 Å². The molecule has 0 aromatic carbocycles. The van der Waals surface area contributed by atoms with Crippen LogP contribution in [-0.2, 0) is 9.53 Å². The number of aliphatic hydroxyl groups excluding tert-OH is 1. The van der Waals surface area contributed by atoms with Crippen LogP contribution < -0.4 is 0 Å². The Bertz CT molecular complexity index is 260. The molecule has 1 aliphatic heterocycles. The van der Waals surface area contributed by atoms with Gasteiger partial charge in [0.05, 0.1) is 6.10 Å². The molecule has 0 bridgehead atoms. The predicted molar refractivity (Wildman–Crippen MR) is 66.7 cm³/mol. The Labute approximate surface area is 104 Å². The quantitative estimate of drug-likeness (QED) is 0.761. The number of aliphatic hydroxyl groups is 1. The molecule has 0 aromatic rings. The molecule has 0 aromatic heterocycles. The number of hydrogen-bond acceptors (Lipinski definition) is 4. The summed E-state index contributed by atoms with van der Waals surface area (Å²) < 4.78 is 5.40. The number of esters is 1. The van der Waals surface area contributed by atoms with Gasteiger partial charge in [-0.2, -0.15) is 0 Å². The van der Waals surface area contributed by atoms with Crippen LogP contribution in [0.5, 0.6) is 0 Å². The molecule has 0 aliphatic carbocycles. The van der Waals surface area contributed by atoms with Crippen molar-refractivity contribution in [1.29, 1.82) is 0 Å². The molecule has 4 nitrogen and oxygen atoms in total. The largest absolute Gasteiger partial charge is 0.459 e. The van der Waals surface area contributed by atoms with Gasteiger partial charge in [-0.3, -0.25) is 9.69 Å². The molecule has 17 heavy (non-hydrogen) atoms. The number of rotatable bonds is 4. The summed E-state index contributed by atoms with van der Waals surface area (Å²) in [6.45, 7) is 9.03. The minimum Gasteiger partial charge on any atom is -0.459 e. The zero-order valence-electron chi connectivity index (χ0n) is 11.4. The van der Waals surface area contributed by atoms with Gasteiger partial charge in [-0.05, 0) is 46.6 Å². The van der Waals surface area contributed by atoms with Crippen LogP contribution in [-0.4, -0.2) is 46.8 Å². The summed E-state index contributed by atoms with van der Waals surface area (Å²) in [5, 5.41) is 9.66. The standard InChI is InChI=1S/C13H25NO3/c1-5-10(15)9-14-8-6-7-11(14)12(16)17-13(2,3)4/h10-11,15H,5-9H2,1-4H3/t10?,11-/m0/s1. The second kappa shape index (κ2) is 5.83. The van der Waals surface area contributed by atoms with Gasteiger partial charge in [-0.25, -0.2) is 0 Å². The molecule has 1 N–H and O–H groups in total. The monoisotopic (exact) mass is 243 g/mol. The normalized spacial score (nSPS) is 23.7. The van der Waals surface area contributed by atoms with Crippen LogP contribution in [0.2, 0.25) is 0 Å². The molecule has 1 fully saturated rings. The van der Waals surface area contributed by atoms with Crippen LogP contribution in [0.1, 0.15) is 47.0 Å². The van der Waals surface area contributed by atoms with Crippen molar-refractivity contribution < 1.29 is 14.6 Å². The van der Waals surface area contributed by atoms with E-state index in [4.69, 9.17) is 4.74 Å². The Hall–Kier alpha value is -0.610. The van der Waals surface area contributed by atoms with E-state index in [2.05, 4.69) is 0 Å². The minimum absolute atomic E-state index is 0.154. The third-order valence-electron chi connectivity index (χ3n) is 2.96. The topological polar surface area (TPSA) is 49.8 Å². The highest BCUT2D eigenvalue weighted by Crippen LogP contribution is 2.21. The van der Waals surface area contributed by atoms with E-state index in [9.17, 15) is 9.90 Å². The molecule has 0 amide bonds. The van der Waals surface area contributed by atoms with E-state index in [1.807, 2.05) is 32.6 Å². The number of carbonyl (C=O) groups excluding carboxylic acids is 1. The van der Waals surface area contributed by atoms with Gasteiger partial charge >= 0.3 is 5.97 Å². The highest BCUT2D eigenvalue weighted by Gasteiger charge is 2.34. The SMILES string of the molecule is CCC(O)CN1CCC[C@H]1C(=O)OC(C)(C)C.